The molecule has 1 amide bonds. The summed E-state index contributed by atoms with van der Waals surface area (Å²) in [5, 5.41) is 0. The van der Waals surface area contributed by atoms with Gasteiger partial charge in [0.2, 0.25) is 5.91 Å². The second-order valence-electron chi connectivity index (χ2n) is 4.52. The summed E-state index contributed by atoms with van der Waals surface area (Å²) < 4.78 is 1.13. The van der Waals surface area contributed by atoms with E-state index in [4.69, 9.17) is 0 Å². The Morgan fingerprint density at radius 2 is 2.28 bits per heavy atom. The van der Waals surface area contributed by atoms with Crippen LogP contribution in [-0.4, -0.2) is 29.7 Å². The quantitative estimate of drug-likeness (QED) is 0.851. The first-order valence-electron chi connectivity index (χ1n) is 6.19. The Labute approximate surface area is 119 Å². The lowest BCUT2D eigenvalue weighted by Gasteiger charge is -2.25. The lowest BCUT2D eigenvalue weighted by Crippen LogP contribution is -2.40. The minimum atomic E-state index is 0.124. The van der Waals surface area contributed by atoms with Crippen LogP contribution < -0.4 is 0 Å². The van der Waals surface area contributed by atoms with E-state index in [-0.39, 0.29) is 11.7 Å². The number of aryl methyl sites for hydroxylation is 1. The number of Topliss-reactive ketones (excluding diaryl/α,β-unsaturated/α-hetero) is 1. The minimum Gasteiger partial charge on any atom is -0.335 e. The second-order valence-corrected chi connectivity index (χ2v) is 7.06. The molecule has 5 heteroatoms. The molecule has 3 nitrogen and oxygen atoms in total. The van der Waals surface area contributed by atoms with Gasteiger partial charge in [-0.2, -0.15) is 0 Å². The van der Waals surface area contributed by atoms with Gasteiger partial charge in [-0.3, -0.25) is 9.59 Å². The summed E-state index contributed by atoms with van der Waals surface area (Å²) in [6.45, 7) is 1.07. The Morgan fingerprint density at radius 3 is 2.94 bits per heavy atom. The average Bonchev–Trinajstić information content (AvgIpc) is 2.75. The van der Waals surface area contributed by atoms with Crippen LogP contribution in [0.3, 0.4) is 0 Å². The van der Waals surface area contributed by atoms with Crippen molar-refractivity contribution in [3.8, 4) is 0 Å². The fourth-order valence-corrected chi connectivity index (χ4v) is 3.63. The van der Waals surface area contributed by atoms with Crippen LogP contribution in [0.2, 0.25) is 0 Å². The number of ketones is 1. The number of rotatable bonds is 4. The van der Waals surface area contributed by atoms with Crippen LogP contribution in [0.25, 0.3) is 0 Å². The molecule has 0 aromatic carbocycles. The molecule has 0 spiro atoms. The highest BCUT2D eigenvalue weighted by atomic mass is 79.9. The summed E-state index contributed by atoms with van der Waals surface area (Å²) >= 11 is 5.14. The van der Waals surface area contributed by atoms with Gasteiger partial charge in [0.05, 0.1) is 10.3 Å². The van der Waals surface area contributed by atoms with Crippen molar-refractivity contribution in [1.82, 2.24) is 4.90 Å². The molecule has 18 heavy (non-hydrogen) atoms. The van der Waals surface area contributed by atoms with Crippen molar-refractivity contribution >= 4 is 39.0 Å². The number of amides is 1. The summed E-state index contributed by atoms with van der Waals surface area (Å²) in [6, 6.07) is 4.12. The van der Waals surface area contributed by atoms with E-state index < -0.39 is 0 Å². The first kappa shape index (κ1) is 13.7. The Balaban J connectivity index is 1.73. The molecule has 0 radical (unpaired) electrons. The van der Waals surface area contributed by atoms with E-state index in [1.54, 1.807) is 16.2 Å². The molecule has 1 aliphatic rings. The Hall–Kier alpha value is -0.680. The summed E-state index contributed by atoms with van der Waals surface area (Å²) in [4.78, 5) is 26.2. The molecule has 1 aromatic rings. The van der Waals surface area contributed by atoms with Crippen molar-refractivity contribution in [3.63, 3.8) is 0 Å². The number of halogens is 1. The molecule has 1 aromatic heterocycles. The Morgan fingerprint density at radius 1 is 1.44 bits per heavy atom. The zero-order chi connectivity index (χ0) is 13.0. The maximum Gasteiger partial charge on any atom is 0.222 e. The fraction of sp³-hybridized carbons (Fsp3) is 0.538. The minimum absolute atomic E-state index is 0.124. The Kier molecular flexibility index (Phi) is 4.95. The van der Waals surface area contributed by atoms with Gasteiger partial charge in [0, 0.05) is 24.3 Å². The highest BCUT2D eigenvalue weighted by molar-refractivity contribution is 9.11. The number of nitrogens with zero attached hydrogens (tertiary/aromatic N) is 1. The highest BCUT2D eigenvalue weighted by Crippen LogP contribution is 2.23. The molecule has 0 atom stereocenters. The topological polar surface area (TPSA) is 37.4 Å². The molecule has 0 bridgehead atoms. The van der Waals surface area contributed by atoms with E-state index in [1.807, 2.05) is 6.07 Å². The average molecular weight is 330 g/mol. The molecule has 0 N–H and O–H groups in total. The maximum atomic E-state index is 11.9. The van der Waals surface area contributed by atoms with Crippen LogP contribution in [0.15, 0.2) is 15.9 Å². The molecule has 2 heterocycles. The van der Waals surface area contributed by atoms with Crippen molar-refractivity contribution < 1.29 is 9.59 Å². The van der Waals surface area contributed by atoms with Crippen molar-refractivity contribution in [2.45, 2.75) is 32.1 Å². The third-order valence-electron chi connectivity index (χ3n) is 3.05. The molecular formula is C13H16BrNO2S. The summed E-state index contributed by atoms with van der Waals surface area (Å²) in [7, 11) is 0. The third kappa shape index (κ3) is 3.92. The number of likely N-dealkylation sites (tertiary alicyclic amines) is 1. The van der Waals surface area contributed by atoms with E-state index >= 15 is 0 Å². The zero-order valence-electron chi connectivity index (χ0n) is 10.2. The third-order valence-corrected chi connectivity index (χ3v) is 4.73. The lowest BCUT2D eigenvalue weighted by atomic mass is 10.1. The van der Waals surface area contributed by atoms with Gasteiger partial charge in [-0.25, -0.2) is 0 Å². The number of thiophene rings is 1. The van der Waals surface area contributed by atoms with E-state index in [9.17, 15) is 9.59 Å². The van der Waals surface area contributed by atoms with E-state index in [0.717, 1.165) is 29.6 Å². The number of hydrogen-bond acceptors (Lipinski definition) is 3. The van der Waals surface area contributed by atoms with Crippen molar-refractivity contribution in [1.29, 1.82) is 0 Å². The number of hydrogen-bond donors (Lipinski definition) is 0. The van der Waals surface area contributed by atoms with E-state index in [1.165, 1.54) is 4.88 Å². The number of carbonyl (C=O) groups is 2. The van der Waals surface area contributed by atoms with Crippen LogP contribution >= 0.6 is 27.3 Å². The van der Waals surface area contributed by atoms with Crippen molar-refractivity contribution in [3.05, 3.63) is 20.8 Å². The molecule has 98 valence electrons. The zero-order valence-corrected chi connectivity index (χ0v) is 12.6. The summed E-state index contributed by atoms with van der Waals surface area (Å²) in [6.07, 6.45) is 3.79. The van der Waals surface area contributed by atoms with Gasteiger partial charge in [-0.15, -0.1) is 11.3 Å². The monoisotopic (exact) mass is 329 g/mol. The molecule has 2 rings (SSSR count). The summed E-state index contributed by atoms with van der Waals surface area (Å²) in [5.41, 5.74) is 0. The van der Waals surface area contributed by atoms with Crippen LogP contribution in [0.5, 0.6) is 0 Å². The predicted octanol–water partition coefficient (Wildman–Crippen LogP) is 3.02. The van der Waals surface area contributed by atoms with Gasteiger partial charge >= 0.3 is 0 Å². The molecular weight excluding hydrogens is 314 g/mol. The van der Waals surface area contributed by atoms with Crippen LogP contribution in [-0.2, 0) is 16.0 Å². The van der Waals surface area contributed by atoms with Gasteiger partial charge < -0.3 is 4.90 Å². The largest absolute Gasteiger partial charge is 0.335 e. The maximum absolute atomic E-state index is 11.9. The van der Waals surface area contributed by atoms with Gasteiger partial charge in [-0.1, -0.05) is 0 Å². The lowest BCUT2D eigenvalue weighted by molar-refractivity contribution is -0.137. The Bertz CT molecular complexity index is 444. The van der Waals surface area contributed by atoms with Gasteiger partial charge in [0.25, 0.3) is 0 Å². The van der Waals surface area contributed by atoms with Crippen LogP contribution in [0.1, 0.15) is 30.6 Å². The first-order chi connectivity index (χ1) is 8.65. The molecule has 1 fully saturated rings. The smallest absolute Gasteiger partial charge is 0.222 e. The molecule has 0 aliphatic carbocycles. The normalized spacial score (nSPS) is 16.1. The van der Waals surface area contributed by atoms with E-state index in [0.29, 0.717) is 19.4 Å². The highest BCUT2D eigenvalue weighted by Gasteiger charge is 2.20. The van der Waals surface area contributed by atoms with Gasteiger partial charge in [0.15, 0.2) is 5.78 Å². The fourth-order valence-electron chi connectivity index (χ4n) is 2.11. The number of carbonyl (C=O) groups excluding carboxylic acids is 2. The number of piperidine rings is 1. The van der Waals surface area contributed by atoms with Gasteiger partial charge in [0.1, 0.15) is 0 Å². The van der Waals surface area contributed by atoms with Crippen LogP contribution in [0.4, 0.5) is 0 Å². The molecule has 1 aliphatic heterocycles. The molecule has 1 saturated heterocycles. The molecule has 0 saturated carbocycles. The van der Waals surface area contributed by atoms with E-state index in [2.05, 4.69) is 22.0 Å². The first-order valence-corrected chi connectivity index (χ1v) is 7.80. The van der Waals surface area contributed by atoms with Crippen molar-refractivity contribution in [2.75, 3.05) is 13.1 Å². The molecule has 0 unspecified atom stereocenters. The van der Waals surface area contributed by atoms with Crippen molar-refractivity contribution in [2.24, 2.45) is 0 Å². The second kappa shape index (κ2) is 6.48. The standard InChI is InChI=1S/C13H16BrNO2S/c14-12-7-6-11(18-12)4-1-5-13(17)15-8-2-3-10(16)9-15/h6-7H,1-5,8-9H2. The van der Waals surface area contributed by atoms with Gasteiger partial charge in [-0.05, 0) is 47.3 Å². The van der Waals surface area contributed by atoms with Crippen LogP contribution in [0, 0.1) is 0 Å². The predicted molar refractivity (Wildman–Crippen MR) is 75.8 cm³/mol. The summed E-state index contributed by atoms with van der Waals surface area (Å²) in [5.74, 6) is 0.315. The SMILES string of the molecule is O=C1CCCN(C(=O)CCCc2ccc(Br)s2)C1.